The van der Waals surface area contributed by atoms with Gasteiger partial charge in [0.05, 0.1) is 16.7 Å². The van der Waals surface area contributed by atoms with Crippen molar-refractivity contribution >= 4 is 28.6 Å². The second kappa shape index (κ2) is 9.56. The average Bonchev–Trinajstić information content (AvgIpc) is 2.68. The van der Waals surface area contributed by atoms with Crippen molar-refractivity contribution < 1.29 is 4.79 Å². The first-order valence-electron chi connectivity index (χ1n) is 10.0. The van der Waals surface area contributed by atoms with Gasteiger partial charge in [0.25, 0.3) is 5.56 Å². The number of nitrogens with zero attached hydrogens (tertiary/aromatic N) is 4. The summed E-state index contributed by atoms with van der Waals surface area (Å²) in [6.07, 6.45) is 4.19. The largest absolute Gasteiger partial charge is 0.339 e. The van der Waals surface area contributed by atoms with E-state index in [4.69, 9.17) is 4.98 Å². The number of aromatic nitrogens is 2. The molecule has 1 aromatic heterocycles. The van der Waals surface area contributed by atoms with E-state index in [9.17, 15) is 9.59 Å². The molecule has 6 nitrogen and oxygen atoms in total. The number of hydrogen-bond acceptors (Lipinski definition) is 5. The number of carbonyl (C=O) groups is 1. The highest BCUT2D eigenvalue weighted by Gasteiger charge is 2.23. The van der Waals surface area contributed by atoms with Crippen molar-refractivity contribution in [2.24, 2.45) is 0 Å². The molecular weight excluding hydrogens is 372 g/mol. The quantitative estimate of drug-likeness (QED) is 0.526. The Hall–Kier alpha value is -1.86. The van der Waals surface area contributed by atoms with Gasteiger partial charge in [-0.2, -0.15) is 0 Å². The number of benzene rings is 1. The standard InChI is InChI=1S/C21H30N4O2S/c1-16-9-6-7-13-24(16)19(26)15-28-21-22-18-11-5-4-10-17(18)20(27)25(21)14-8-12-23(2)3/h4-5,10-11,16H,6-9,12-15H2,1-3H3/t16-/m1/s1. The van der Waals surface area contributed by atoms with Crippen molar-refractivity contribution in [2.75, 3.05) is 32.9 Å². The lowest BCUT2D eigenvalue weighted by atomic mass is 10.0. The lowest BCUT2D eigenvalue weighted by Gasteiger charge is -2.33. The summed E-state index contributed by atoms with van der Waals surface area (Å²) in [5, 5.41) is 1.27. The minimum Gasteiger partial charge on any atom is -0.339 e. The van der Waals surface area contributed by atoms with Crippen LogP contribution in [0.2, 0.25) is 0 Å². The maximum absolute atomic E-state index is 13.0. The van der Waals surface area contributed by atoms with Gasteiger partial charge in [-0.1, -0.05) is 23.9 Å². The summed E-state index contributed by atoms with van der Waals surface area (Å²) in [7, 11) is 4.05. The zero-order valence-corrected chi connectivity index (χ0v) is 17.9. The van der Waals surface area contributed by atoms with E-state index in [1.54, 1.807) is 4.57 Å². The molecule has 0 unspecified atom stereocenters. The van der Waals surface area contributed by atoms with Crippen molar-refractivity contribution in [1.29, 1.82) is 0 Å². The molecule has 1 amide bonds. The first kappa shape index (κ1) is 20.9. The summed E-state index contributed by atoms with van der Waals surface area (Å²) >= 11 is 1.39. The van der Waals surface area contributed by atoms with E-state index in [1.165, 1.54) is 18.2 Å². The number of piperidine rings is 1. The third kappa shape index (κ3) is 4.94. The maximum atomic E-state index is 13.0. The van der Waals surface area contributed by atoms with Crippen LogP contribution in [-0.4, -0.2) is 64.2 Å². The normalized spacial score (nSPS) is 17.4. The van der Waals surface area contributed by atoms with Crippen LogP contribution in [0.1, 0.15) is 32.6 Å². The van der Waals surface area contributed by atoms with Gasteiger partial charge in [-0.25, -0.2) is 4.98 Å². The third-order valence-corrected chi connectivity index (χ3v) is 6.22. The summed E-state index contributed by atoms with van der Waals surface area (Å²) in [6.45, 7) is 4.45. The predicted molar refractivity (Wildman–Crippen MR) is 115 cm³/mol. The molecule has 1 saturated heterocycles. The second-order valence-corrected chi connectivity index (χ2v) is 8.69. The molecule has 1 aliphatic heterocycles. The van der Waals surface area contributed by atoms with Crippen LogP contribution in [0.3, 0.4) is 0 Å². The first-order valence-corrected chi connectivity index (χ1v) is 11.0. The number of carbonyl (C=O) groups excluding carboxylic acids is 1. The fraction of sp³-hybridized carbons (Fsp3) is 0.571. The number of fused-ring (bicyclic) bond motifs is 1. The van der Waals surface area contributed by atoms with Crippen molar-refractivity contribution in [1.82, 2.24) is 19.4 Å². The highest BCUT2D eigenvalue weighted by molar-refractivity contribution is 7.99. The van der Waals surface area contributed by atoms with Crippen molar-refractivity contribution in [3.05, 3.63) is 34.6 Å². The van der Waals surface area contributed by atoms with Gasteiger partial charge >= 0.3 is 0 Å². The van der Waals surface area contributed by atoms with Gasteiger partial charge in [-0.3, -0.25) is 14.2 Å². The van der Waals surface area contributed by atoms with Gasteiger partial charge in [0.2, 0.25) is 5.91 Å². The molecule has 2 heterocycles. The molecule has 1 aliphatic rings. The zero-order valence-electron chi connectivity index (χ0n) is 17.1. The van der Waals surface area contributed by atoms with Crippen molar-refractivity contribution in [3.63, 3.8) is 0 Å². The fourth-order valence-corrected chi connectivity index (χ4v) is 4.59. The highest BCUT2D eigenvalue weighted by Crippen LogP contribution is 2.22. The topological polar surface area (TPSA) is 58.4 Å². The molecule has 0 spiro atoms. The maximum Gasteiger partial charge on any atom is 0.262 e. The fourth-order valence-electron chi connectivity index (χ4n) is 3.68. The minimum atomic E-state index is -0.0226. The minimum absolute atomic E-state index is 0.0226. The van der Waals surface area contributed by atoms with E-state index in [1.807, 2.05) is 43.3 Å². The smallest absolute Gasteiger partial charge is 0.262 e. The van der Waals surface area contributed by atoms with E-state index in [2.05, 4.69) is 11.8 Å². The van der Waals surface area contributed by atoms with E-state index in [0.717, 1.165) is 32.4 Å². The summed E-state index contributed by atoms with van der Waals surface area (Å²) in [5.74, 6) is 0.461. The van der Waals surface area contributed by atoms with Gasteiger partial charge in [0, 0.05) is 19.1 Å². The number of rotatable bonds is 7. The molecule has 0 aliphatic carbocycles. The molecule has 0 N–H and O–H groups in total. The number of para-hydroxylation sites is 1. The number of hydrogen-bond donors (Lipinski definition) is 0. The molecule has 0 radical (unpaired) electrons. The molecule has 152 valence electrons. The van der Waals surface area contributed by atoms with Crippen LogP contribution in [0.15, 0.2) is 34.2 Å². The Morgan fingerprint density at radius 1 is 1.29 bits per heavy atom. The van der Waals surface area contributed by atoms with E-state index in [-0.39, 0.29) is 11.5 Å². The first-order chi connectivity index (χ1) is 13.5. The summed E-state index contributed by atoms with van der Waals surface area (Å²) in [5.41, 5.74) is 0.670. The molecular formula is C21H30N4O2S. The van der Waals surface area contributed by atoms with E-state index < -0.39 is 0 Å². The Kier molecular flexibility index (Phi) is 7.13. The average molecular weight is 403 g/mol. The molecule has 1 atom stereocenters. The molecule has 0 bridgehead atoms. The van der Waals surface area contributed by atoms with Crippen molar-refractivity contribution in [3.8, 4) is 0 Å². The predicted octanol–water partition coefficient (Wildman–Crippen LogP) is 2.84. The Morgan fingerprint density at radius 3 is 2.82 bits per heavy atom. The zero-order chi connectivity index (χ0) is 20.1. The van der Waals surface area contributed by atoms with Crippen LogP contribution in [-0.2, 0) is 11.3 Å². The van der Waals surface area contributed by atoms with Gasteiger partial charge < -0.3 is 9.80 Å². The van der Waals surface area contributed by atoms with Crippen molar-refractivity contribution in [2.45, 2.75) is 50.4 Å². The monoisotopic (exact) mass is 402 g/mol. The molecule has 1 aromatic carbocycles. The van der Waals surface area contributed by atoms with Crippen LogP contribution in [0.25, 0.3) is 10.9 Å². The lowest BCUT2D eigenvalue weighted by molar-refractivity contribution is -0.131. The highest BCUT2D eigenvalue weighted by atomic mass is 32.2. The number of likely N-dealkylation sites (tertiary alicyclic amines) is 1. The lowest BCUT2D eigenvalue weighted by Crippen LogP contribution is -2.43. The Bertz CT molecular complexity index is 880. The van der Waals surface area contributed by atoms with Crippen LogP contribution in [0.5, 0.6) is 0 Å². The summed E-state index contributed by atoms with van der Waals surface area (Å²) in [4.78, 5) is 34.5. The number of amides is 1. The second-order valence-electron chi connectivity index (χ2n) is 7.75. The number of thioether (sulfide) groups is 1. The van der Waals surface area contributed by atoms with Crippen LogP contribution in [0.4, 0.5) is 0 Å². The van der Waals surface area contributed by atoms with Crippen LogP contribution in [0, 0.1) is 0 Å². The van der Waals surface area contributed by atoms with Gasteiger partial charge in [-0.05, 0) is 65.4 Å². The van der Waals surface area contributed by atoms with Crippen LogP contribution >= 0.6 is 11.8 Å². The van der Waals surface area contributed by atoms with Gasteiger partial charge in [0.1, 0.15) is 0 Å². The third-order valence-electron chi connectivity index (χ3n) is 5.26. The molecule has 28 heavy (non-hydrogen) atoms. The Labute approximate surface area is 170 Å². The molecule has 1 fully saturated rings. The molecule has 7 heteroatoms. The Morgan fingerprint density at radius 2 is 2.07 bits per heavy atom. The van der Waals surface area contributed by atoms with Gasteiger partial charge in [-0.15, -0.1) is 0 Å². The summed E-state index contributed by atoms with van der Waals surface area (Å²) < 4.78 is 1.74. The van der Waals surface area contributed by atoms with E-state index >= 15 is 0 Å². The van der Waals surface area contributed by atoms with E-state index in [0.29, 0.717) is 34.4 Å². The van der Waals surface area contributed by atoms with Crippen LogP contribution < -0.4 is 5.56 Å². The Balaban J connectivity index is 1.81. The van der Waals surface area contributed by atoms with Gasteiger partial charge in [0.15, 0.2) is 5.16 Å². The summed E-state index contributed by atoms with van der Waals surface area (Å²) in [6, 6.07) is 7.74. The molecule has 3 rings (SSSR count). The molecule has 2 aromatic rings. The molecule has 0 saturated carbocycles. The SMILES string of the molecule is C[C@@H]1CCCCN1C(=O)CSc1nc2ccccc2c(=O)n1CCCN(C)C.